The van der Waals surface area contributed by atoms with Crippen molar-refractivity contribution in [2.45, 2.75) is 6.42 Å². The summed E-state index contributed by atoms with van der Waals surface area (Å²) in [6, 6.07) is 4.78. The van der Waals surface area contributed by atoms with Gasteiger partial charge in [0.2, 0.25) is 5.91 Å². The van der Waals surface area contributed by atoms with Crippen molar-refractivity contribution in [3.63, 3.8) is 0 Å². The number of carbonyl (C=O) groups is 3. The Hall–Kier alpha value is -3.23. The number of carboxylic acid groups (broad SMARTS) is 2. The van der Waals surface area contributed by atoms with E-state index in [-0.39, 0.29) is 16.9 Å². The maximum absolute atomic E-state index is 11.6. The Labute approximate surface area is 123 Å². The number of nitrogens with one attached hydrogen (secondary N) is 1. The fraction of sp³-hybridized carbons (Fsp3) is 0.154. The van der Waals surface area contributed by atoms with Gasteiger partial charge in [0.1, 0.15) is 0 Å². The fourth-order valence-corrected chi connectivity index (χ4v) is 2.16. The van der Waals surface area contributed by atoms with Crippen LogP contribution in [-0.2, 0) is 14.4 Å². The van der Waals surface area contributed by atoms with Crippen LogP contribution in [0.25, 0.3) is 5.70 Å². The maximum atomic E-state index is 11.6. The normalized spacial score (nSPS) is 17.8. The van der Waals surface area contributed by atoms with Gasteiger partial charge in [-0.05, 0) is 17.7 Å². The molecule has 1 heterocycles. The molecule has 0 bridgehead atoms. The zero-order valence-electron chi connectivity index (χ0n) is 11.0. The molecule has 1 atom stereocenters. The monoisotopic (exact) mass is 306 g/mol. The Balaban J connectivity index is 2.58. The van der Waals surface area contributed by atoms with Gasteiger partial charge in [0.25, 0.3) is 5.69 Å². The van der Waals surface area contributed by atoms with Crippen molar-refractivity contribution in [1.82, 2.24) is 5.32 Å². The first-order valence-corrected chi connectivity index (χ1v) is 6.06. The van der Waals surface area contributed by atoms with Crippen LogP contribution < -0.4 is 5.32 Å². The van der Waals surface area contributed by atoms with Crippen LogP contribution >= 0.6 is 0 Å². The molecule has 1 aliphatic heterocycles. The van der Waals surface area contributed by atoms with Crippen LogP contribution in [0.5, 0.6) is 0 Å². The standard InChI is InChI=1S/C13H10N2O7/c16-9-5-8(12(17)18)10(13(19)20)11(14-9)6-1-3-7(4-2-6)15(21)22/h1-4,8H,5H2,(H,14,16)(H,17,18)(H,19,20). The predicted molar refractivity (Wildman–Crippen MR) is 71.5 cm³/mol. The Kier molecular flexibility index (Phi) is 3.89. The number of hydrogen-bond donors (Lipinski definition) is 3. The van der Waals surface area contributed by atoms with Gasteiger partial charge in [-0.3, -0.25) is 19.7 Å². The molecule has 0 aromatic heterocycles. The highest BCUT2D eigenvalue weighted by Crippen LogP contribution is 2.30. The predicted octanol–water partition coefficient (Wildman–Crippen LogP) is 0.611. The Morgan fingerprint density at radius 3 is 2.27 bits per heavy atom. The smallest absolute Gasteiger partial charge is 0.334 e. The van der Waals surface area contributed by atoms with Crippen molar-refractivity contribution in [3.8, 4) is 0 Å². The Bertz CT molecular complexity index is 706. The fourth-order valence-electron chi connectivity index (χ4n) is 2.16. The molecule has 0 radical (unpaired) electrons. The maximum Gasteiger partial charge on any atom is 0.334 e. The lowest BCUT2D eigenvalue weighted by molar-refractivity contribution is -0.384. The summed E-state index contributed by atoms with van der Waals surface area (Å²) in [6.07, 6.45) is -0.479. The number of carboxylic acids is 2. The largest absolute Gasteiger partial charge is 0.481 e. The van der Waals surface area contributed by atoms with E-state index in [1.165, 1.54) is 12.1 Å². The van der Waals surface area contributed by atoms with Gasteiger partial charge in [-0.1, -0.05) is 0 Å². The number of nitrogens with zero attached hydrogens (tertiary/aromatic N) is 1. The first kappa shape index (κ1) is 15.2. The molecule has 1 aromatic carbocycles. The third kappa shape index (κ3) is 2.77. The van der Waals surface area contributed by atoms with E-state index in [2.05, 4.69) is 5.32 Å². The van der Waals surface area contributed by atoms with E-state index in [1.54, 1.807) is 0 Å². The molecule has 1 aliphatic rings. The van der Waals surface area contributed by atoms with E-state index in [4.69, 9.17) is 5.11 Å². The summed E-state index contributed by atoms with van der Waals surface area (Å²) in [7, 11) is 0. The topological polar surface area (TPSA) is 147 Å². The lowest BCUT2D eigenvalue weighted by Crippen LogP contribution is -2.37. The summed E-state index contributed by atoms with van der Waals surface area (Å²) in [5, 5.41) is 31.3. The molecule has 0 saturated heterocycles. The number of rotatable bonds is 4. The average Bonchev–Trinajstić information content (AvgIpc) is 2.45. The van der Waals surface area contributed by atoms with E-state index in [0.717, 1.165) is 12.1 Å². The summed E-state index contributed by atoms with van der Waals surface area (Å²) in [4.78, 5) is 44.1. The summed E-state index contributed by atoms with van der Waals surface area (Å²) in [5.41, 5.74) is -0.646. The van der Waals surface area contributed by atoms with Gasteiger partial charge in [-0.15, -0.1) is 0 Å². The van der Waals surface area contributed by atoms with Gasteiger partial charge < -0.3 is 15.5 Å². The zero-order valence-corrected chi connectivity index (χ0v) is 11.0. The second-order valence-corrected chi connectivity index (χ2v) is 4.54. The second kappa shape index (κ2) is 5.64. The molecule has 0 fully saturated rings. The number of nitro groups is 1. The molecule has 0 spiro atoms. The molecule has 0 aliphatic carbocycles. The molecular formula is C13H10N2O7. The third-order valence-electron chi connectivity index (χ3n) is 3.17. The van der Waals surface area contributed by atoms with Crippen molar-refractivity contribution in [2.75, 3.05) is 0 Å². The molecule has 9 heteroatoms. The van der Waals surface area contributed by atoms with Gasteiger partial charge in [-0.25, -0.2) is 4.79 Å². The average molecular weight is 306 g/mol. The van der Waals surface area contributed by atoms with Crippen LogP contribution in [0.4, 0.5) is 5.69 Å². The molecule has 9 nitrogen and oxygen atoms in total. The van der Waals surface area contributed by atoms with Gasteiger partial charge in [0.15, 0.2) is 0 Å². The van der Waals surface area contributed by atoms with Crippen molar-refractivity contribution < 1.29 is 29.5 Å². The lowest BCUT2D eigenvalue weighted by atomic mass is 9.88. The van der Waals surface area contributed by atoms with Crippen molar-refractivity contribution in [2.24, 2.45) is 5.92 Å². The van der Waals surface area contributed by atoms with Crippen LogP contribution in [0, 0.1) is 16.0 Å². The van der Waals surface area contributed by atoms with Crippen LogP contribution in [0.3, 0.4) is 0 Å². The van der Waals surface area contributed by atoms with Crippen molar-refractivity contribution in [1.29, 1.82) is 0 Å². The first-order chi connectivity index (χ1) is 10.3. The molecular weight excluding hydrogens is 296 g/mol. The Morgan fingerprint density at radius 2 is 1.82 bits per heavy atom. The van der Waals surface area contributed by atoms with E-state index in [0.29, 0.717) is 0 Å². The third-order valence-corrected chi connectivity index (χ3v) is 3.17. The minimum absolute atomic E-state index is 0.161. The number of nitro benzene ring substituents is 1. The highest BCUT2D eigenvalue weighted by molar-refractivity contribution is 6.07. The number of benzene rings is 1. The lowest BCUT2D eigenvalue weighted by Gasteiger charge is -2.24. The van der Waals surface area contributed by atoms with Crippen LogP contribution in [0.15, 0.2) is 29.8 Å². The molecule has 1 aromatic rings. The molecule has 0 saturated carbocycles. The minimum atomic E-state index is -1.48. The van der Waals surface area contributed by atoms with Crippen LogP contribution in [0.2, 0.25) is 0 Å². The van der Waals surface area contributed by atoms with Gasteiger partial charge in [0, 0.05) is 18.6 Å². The summed E-state index contributed by atoms with van der Waals surface area (Å²) < 4.78 is 0. The Morgan fingerprint density at radius 1 is 1.23 bits per heavy atom. The molecule has 2 rings (SSSR count). The number of amides is 1. The number of carbonyl (C=O) groups excluding carboxylic acids is 1. The number of aliphatic carboxylic acids is 2. The molecule has 1 unspecified atom stereocenters. The SMILES string of the molecule is O=C1CC(C(=O)O)C(C(=O)O)=C(c2ccc([N+](=O)[O-])cc2)N1. The summed E-state index contributed by atoms with van der Waals surface area (Å²) in [5.74, 6) is -5.00. The van der Waals surface area contributed by atoms with Crippen LogP contribution in [0.1, 0.15) is 12.0 Å². The second-order valence-electron chi connectivity index (χ2n) is 4.54. The highest BCUT2D eigenvalue weighted by atomic mass is 16.6. The summed E-state index contributed by atoms with van der Waals surface area (Å²) >= 11 is 0. The van der Waals surface area contributed by atoms with E-state index in [1.807, 2.05) is 0 Å². The van der Waals surface area contributed by atoms with Crippen LogP contribution in [-0.4, -0.2) is 33.0 Å². The highest BCUT2D eigenvalue weighted by Gasteiger charge is 2.37. The zero-order chi connectivity index (χ0) is 16.4. The molecule has 1 amide bonds. The minimum Gasteiger partial charge on any atom is -0.481 e. The molecule has 114 valence electrons. The van der Waals surface area contributed by atoms with Gasteiger partial charge in [-0.2, -0.15) is 0 Å². The number of non-ortho nitro benzene ring substituents is 1. The molecule has 22 heavy (non-hydrogen) atoms. The van der Waals surface area contributed by atoms with Crippen molar-refractivity contribution >= 4 is 29.2 Å². The van der Waals surface area contributed by atoms with Gasteiger partial charge in [0.05, 0.1) is 22.1 Å². The van der Waals surface area contributed by atoms with E-state index < -0.39 is 40.7 Å². The summed E-state index contributed by atoms with van der Waals surface area (Å²) in [6.45, 7) is 0. The quantitative estimate of drug-likeness (QED) is 0.545. The molecule has 3 N–H and O–H groups in total. The number of hydrogen-bond acceptors (Lipinski definition) is 5. The van der Waals surface area contributed by atoms with Gasteiger partial charge >= 0.3 is 11.9 Å². The van der Waals surface area contributed by atoms with E-state index >= 15 is 0 Å². The first-order valence-electron chi connectivity index (χ1n) is 6.06. The van der Waals surface area contributed by atoms with E-state index in [9.17, 15) is 29.6 Å². The van der Waals surface area contributed by atoms with Crippen molar-refractivity contribution in [3.05, 3.63) is 45.5 Å².